The van der Waals surface area contributed by atoms with Crippen LogP contribution in [0.15, 0.2) is 58.2 Å². The van der Waals surface area contributed by atoms with Gasteiger partial charge in [0, 0.05) is 30.5 Å². The molecule has 0 bridgehead atoms. The van der Waals surface area contributed by atoms with Crippen molar-refractivity contribution in [2.24, 2.45) is 0 Å². The maximum Gasteiger partial charge on any atom is 0.307 e. The van der Waals surface area contributed by atoms with E-state index in [1.807, 2.05) is 0 Å². The van der Waals surface area contributed by atoms with Crippen LogP contribution in [0.2, 0.25) is 5.02 Å². The Morgan fingerprint density at radius 1 is 0.973 bits per heavy atom. The Labute approximate surface area is 227 Å². The molecule has 2 atom stereocenters. The van der Waals surface area contributed by atoms with Crippen LogP contribution in [0.3, 0.4) is 0 Å². The van der Waals surface area contributed by atoms with Crippen molar-refractivity contribution in [1.82, 2.24) is 14.3 Å². The summed E-state index contributed by atoms with van der Waals surface area (Å²) in [5.74, 6) is -0.817. The Hall–Kier alpha value is -2.80. The number of carbonyl (C=O) groups is 2. The van der Waals surface area contributed by atoms with E-state index in [0.29, 0.717) is 14.9 Å². The fourth-order valence-corrected chi connectivity index (χ4v) is 6.30. The summed E-state index contributed by atoms with van der Waals surface area (Å²) >= 11 is 9.36. The van der Waals surface area contributed by atoms with Crippen molar-refractivity contribution in [3.63, 3.8) is 0 Å². The molecule has 0 N–H and O–H groups in total. The van der Waals surface area contributed by atoms with Crippen LogP contribution in [-0.2, 0) is 29.1 Å². The molecule has 0 saturated carbocycles. The van der Waals surface area contributed by atoms with Crippen LogP contribution in [0.4, 0.5) is 5.95 Å². The number of hydrogen-bond acceptors (Lipinski definition) is 9. The van der Waals surface area contributed by atoms with Gasteiger partial charge in [-0.1, -0.05) is 23.7 Å². The first-order valence-corrected chi connectivity index (χ1v) is 13.8. The highest BCUT2D eigenvalue weighted by atomic mass is 79.9. The summed E-state index contributed by atoms with van der Waals surface area (Å²) in [4.78, 5) is 35.1. The lowest BCUT2D eigenvalue weighted by molar-refractivity contribution is -0.141. The molecule has 1 aromatic heterocycles. The molecule has 0 spiro atoms. The molecule has 196 valence electrons. The highest BCUT2D eigenvalue weighted by molar-refractivity contribution is 9.10. The van der Waals surface area contributed by atoms with E-state index in [0.717, 1.165) is 5.39 Å². The van der Waals surface area contributed by atoms with E-state index in [1.54, 1.807) is 35.2 Å². The average molecular weight is 612 g/mol. The number of aromatic nitrogens is 2. The molecule has 0 radical (unpaired) electrons. The van der Waals surface area contributed by atoms with Gasteiger partial charge in [-0.05, 0) is 51.0 Å². The Morgan fingerprint density at radius 2 is 1.51 bits per heavy atom. The first-order valence-electron chi connectivity index (χ1n) is 11.2. The minimum Gasteiger partial charge on any atom is -0.469 e. The molecule has 2 heterocycles. The molecule has 10 nitrogen and oxygen atoms in total. The zero-order valence-corrected chi connectivity index (χ0v) is 23.2. The van der Waals surface area contributed by atoms with Crippen LogP contribution in [0.1, 0.15) is 12.8 Å². The predicted molar refractivity (Wildman–Crippen MR) is 141 cm³/mol. The summed E-state index contributed by atoms with van der Waals surface area (Å²) < 4.78 is 39.3. The van der Waals surface area contributed by atoms with Gasteiger partial charge in [0.2, 0.25) is 16.0 Å². The van der Waals surface area contributed by atoms with Gasteiger partial charge in [-0.25, -0.2) is 18.4 Å². The predicted octanol–water partition coefficient (Wildman–Crippen LogP) is 3.42. The quantitative estimate of drug-likeness (QED) is 0.370. The number of hydrogen-bond donors (Lipinski definition) is 0. The number of esters is 2. The van der Waals surface area contributed by atoms with Crippen molar-refractivity contribution in [2.45, 2.75) is 29.8 Å². The van der Waals surface area contributed by atoms with Crippen LogP contribution >= 0.6 is 27.5 Å². The summed E-state index contributed by atoms with van der Waals surface area (Å²) in [5, 5.41) is 2.06. The summed E-state index contributed by atoms with van der Waals surface area (Å²) in [7, 11) is -1.49. The zero-order valence-electron chi connectivity index (χ0n) is 20.0. The number of fused-ring (bicyclic) bond motifs is 1. The van der Waals surface area contributed by atoms with Gasteiger partial charge in [-0.3, -0.25) is 9.59 Å². The molecule has 1 fully saturated rings. The lowest BCUT2D eigenvalue weighted by Gasteiger charge is -2.45. The molecular weight excluding hydrogens is 588 g/mol. The Morgan fingerprint density at radius 3 is 2.08 bits per heavy atom. The second-order valence-corrected chi connectivity index (χ2v) is 11.7. The van der Waals surface area contributed by atoms with Crippen LogP contribution in [0.25, 0.3) is 10.8 Å². The van der Waals surface area contributed by atoms with Gasteiger partial charge in [0.05, 0.1) is 48.5 Å². The minimum absolute atomic E-state index is 0.0484. The highest BCUT2D eigenvalue weighted by Gasteiger charge is 2.42. The Kier molecular flexibility index (Phi) is 8.32. The number of sulfonamides is 1. The topological polar surface area (TPSA) is 119 Å². The summed E-state index contributed by atoms with van der Waals surface area (Å²) in [6.45, 7) is -0.0969. The van der Waals surface area contributed by atoms with E-state index in [4.69, 9.17) is 21.1 Å². The van der Waals surface area contributed by atoms with Gasteiger partial charge in [0.15, 0.2) is 0 Å². The van der Waals surface area contributed by atoms with Crippen LogP contribution in [-0.4, -0.2) is 74.0 Å². The highest BCUT2D eigenvalue weighted by Crippen LogP contribution is 2.31. The van der Waals surface area contributed by atoms with E-state index < -0.39 is 34.0 Å². The maximum absolute atomic E-state index is 13.8. The number of halogens is 2. The molecule has 4 rings (SSSR count). The number of benzene rings is 2. The molecule has 0 amide bonds. The Bertz CT molecular complexity index is 1390. The number of piperazine rings is 1. The Balaban J connectivity index is 1.75. The lowest BCUT2D eigenvalue weighted by Crippen LogP contribution is -2.61. The molecule has 2 aromatic carbocycles. The number of rotatable bonds is 7. The number of methoxy groups -OCH3 is 2. The molecule has 0 unspecified atom stereocenters. The van der Waals surface area contributed by atoms with E-state index in [2.05, 4.69) is 25.9 Å². The lowest BCUT2D eigenvalue weighted by atomic mass is 10.0. The summed E-state index contributed by atoms with van der Waals surface area (Å²) in [5.41, 5.74) is 0. The monoisotopic (exact) mass is 610 g/mol. The SMILES string of the molecule is COC(=O)C[C@@H]1CN(S(=O)(=O)c2ccc3cc(Cl)ccc3c2)C[C@H](CC(=O)OC)N1c1ncc(Br)cn1. The third kappa shape index (κ3) is 6.03. The molecule has 1 aliphatic heterocycles. The van der Waals surface area contributed by atoms with Gasteiger partial charge in [-0.2, -0.15) is 4.31 Å². The van der Waals surface area contributed by atoms with E-state index in [9.17, 15) is 18.0 Å². The van der Waals surface area contributed by atoms with E-state index in [-0.39, 0.29) is 36.8 Å². The smallest absolute Gasteiger partial charge is 0.307 e. The first kappa shape index (κ1) is 27.2. The first-order chi connectivity index (χ1) is 17.6. The number of ether oxygens (including phenoxy) is 2. The number of anilines is 1. The largest absolute Gasteiger partial charge is 0.469 e. The number of nitrogens with zero attached hydrogens (tertiary/aromatic N) is 4. The van der Waals surface area contributed by atoms with Crippen molar-refractivity contribution >= 4 is 66.2 Å². The third-order valence-electron chi connectivity index (χ3n) is 6.12. The molecule has 3 aromatic rings. The van der Waals surface area contributed by atoms with Crippen molar-refractivity contribution in [2.75, 3.05) is 32.2 Å². The summed E-state index contributed by atoms with van der Waals surface area (Å²) in [6, 6.07) is 8.58. The van der Waals surface area contributed by atoms with Gasteiger partial charge >= 0.3 is 11.9 Å². The molecule has 13 heteroatoms. The standard InChI is InChI=1S/C24H24BrClN4O6S/c1-35-22(31)9-19-13-29(37(33,34)21-6-4-15-7-18(26)5-3-16(15)8-21)14-20(10-23(32)36-2)30(19)24-27-11-17(25)12-28-24/h3-8,11-12,19-20H,9-10,13-14H2,1-2H3/t19-,20+. The van der Waals surface area contributed by atoms with E-state index in [1.165, 1.54) is 37.0 Å². The second kappa shape index (κ2) is 11.3. The number of carbonyl (C=O) groups excluding carboxylic acids is 2. The van der Waals surface area contributed by atoms with Crippen LogP contribution in [0.5, 0.6) is 0 Å². The maximum atomic E-state index is 13.8. The second-order valence-electron chi connectivity index (χ2n) is 8.45. The van der Waals surface area contributed by atoms with Gasteiger partial charge in [0.25, 0.3) is 0 Å². The third-order valence-corrected chi connectivity index (χ3v) is 8.60. The van der Waals surface area contributed by atoms with Crippen LogP contribution < -0.4 is 4.90 Å². The van der Waals surface area contributed by atoms with Gasteiger partial charge < -0.3 is 14.4 Å². The fourth-order valence-electron chi connectivity index (χ4n) is 4.36. The molecule has 37 heavy (non-hydrogen) atoms. The normalized spacial score (nSPS) is 18.5. The van der Waals surface area contributed by atoms with Crippen molar-refractivity contribution in [3.05, 3.63) is 58.3 Å². The molecule has 1 aliphatic rings. The fraction of sp³-hybridized carbons (Fsp3) is 0.333. The van der Waals surface area contributed by atoms with Crippen molar-refractivity contribution < 1.29 is 27.5 Å². The molecule has 0 aliphatic carbocycles. The van der Waals surface area contributed by atoms with Crippen molar-refractivity contribution in [1.29, 1.82) is 0 Å². The van der Waals surface area contributed by atoms with Gasteiger partial charge in [-0.15, -0.1) is 0 Å². The van der Waals surface area contributed by atoms with E-state index >= 15 is 0 Å². The van der Waals surface area contributed by atoms with Crippen LogP contribution in [0, 0.1) is 0 Å². The average Bonchev–Trinajstić information content (AvgIpc) is 2.88. The minimum atomic E-state index is -4.01. The van der Waals surface area contributed by atoms with Gasteiger partial charge in [0.1, 0.15) is 0 Å². The van der Waals surface area contributed by atoms with Crippen molar-refractivity contribution in [3.8, 4) is 0 Å². The molecular formula is C24H24BrClN4O6S. The zero-order chi connectivity index (χ0) is 26.7. The summed E-state index contributed by atoms with van der Waals surface area (Å²) in [6.07, 6.45) is 2.79. The molecule has 1 saturated heterocycles.